The van der Waals surface area contributed by atoms with Crippen LogP contribution in [-0.2, 0) is 4.79 Å². The molecule has 1 N–H and O–H groups in total. The fourth-order valence-corrected chi connectivity index (χ4v) is 2.34. The number of para-hydroxylation sites is 1. The summed E-state index contributed by atoms with van der Waals surface area (Å²) < 4.78 is 0. The van der Waals surface area contributed by atoms with Crippen LogP contribution in [0.3, 0.4) is 0 Å². The first kappa shape index (κ1) is 12.6. The van der Waals surface area contributed by atoms with Gasteiger partial charge < -0.3 is 10.0 Å². The van der Waals surface area contributed by atoms with E-state index in [9.17, 15) is 9.59 Å². The third-order valence-electron chi connectivity index (χ3n) is 3.43. The molecule has 0 saturated heterocycles. The summed E-state index contributed by atoms with van der Waals surface area (Å²) in [5.41, 5.74) is 1.26. The maximum absolute atomic E-state index is 12.6. The molecule has 0 spiro atoms. The minimum absolute atomic E-state index is 0.0607. The van der Waals surface area contributed by atoms with E-state index in [0.717, 1.165) is 23.7 Å². The highest BCUT2D eigenvalue weighted by Crippen LogP contribution is 2.29. The van der Waals surface area contributed by atoms with Gasteiger partial charge in [-0.3, -0.25) is 14.6 Å². The number of carbonyl (C=O) groups excluding carboxylic acids is 1. The van der Waals surface area contributed by atoms with E-state index in [1.165, 1.54) is 4.90 Å². The van der Waals surface area contributed by atoms with Gasteiger partial charge in [-0.05, 0) is 25.0 Å². The second-order valence-electron chi connectivity index (χ2n) is 4.93. The quantitative estimate of drug-likeness (QED) is 0.921. The zero-order chi connectivity index (χ0) is 14.1. The molecule has 3 rings (SSSR count). The van der Waals surface area contributed by atoms with E-state index >= 15 is 0 Å². The van der Waals surface area contributed by atoms with Crippen LogP contribution in [0.25, 0.3) is 10.9 Å². The number of nitrogens with zero attached hydrogens (tertiary/aromatic N) is 2. The molecule has 1 aliphatic carbocycles. The van der Waals surface area contributed by atoms with E-state index < -0.39 is 5.97 Å². The molecule has 1 heterocycles. The van der Waals surface area contributed by atoms with Crippen molar-refractivity contribution in [3.63, 3.8) is 0 Å². The van der Waals surface area contributed by atoms with Crippen molar-refractivity contribution in [2.75, 3.05) is 6.54 Å². The van der Waals surface area contributed by atoms with Crippen LogP contribution in [-0.4, -0.2) is 39.5 Å². The van der Waals surface area contributed by atoms with Gasteiger partial charge in [0.15, 0.2) is 0 Å². The minimum atomic E-state index is -0.983. The molecule has 1 aromatic carbocycles. The number of carboxylic acid groups (broad SMARTS) is 1. The van der Waals surface area contributed by atoms with Crippen LogP contribution in [0.5, 0.6) is 0 Å². The van der Waals surface area contributed by atoms with Crippen molar-refractivity contribution in [1.82, 2.24) is 9.88 Å². The lowest BCUT2D eigenvalue weighted by atomic mass is 10.1. The van der Waals surface area contributed by atoms with Crippen molar-refractivity contribution >= 4 is 22.8 Å². The lowest BCUT2D eigenvalue weighted by Gasteiger charge is -2.20. The van der Waals surface area contributed by atoms with Crippen molar-refractivity contribution in [3.05, 3.63) is 42.1 Å². The van der Waals surface area contributed by atoms with Crippen LogP contribution in [0.1, 0.15) is 23.2 Å². The van der Waals surface area contributed by atoms with E-state index in [4.69, 9.17) is 5.11 Å². The summed E-state index contributed by atoms with van der Waals surface area (Å²) in [6, 6.07) is 9.10. The fourth-order valence-electron chi connectivity index (χ4n) is 2.34. The number of amides is 1. The second-order valence-corrected chi connectivity index (χ2v) is 4.93. The molecule has 1 fully saturated rings. The summed E-state index contributed by atoms with van der Waals surface area (Å²) >= 11 is 0. The van der Waals surface area contributed by atoms with Crippen LogP contribution < -0.4 is 0 Å². The Labute approximate surface area is 115 Å². The third-order valence-corrected chi connectivity index (χ3v) is 3.43. The van der Waals surface area contributed by atoms with Crippen LogP contribution >= 0.6 is 0 Å². The van der Waals surface area contributed by atoms with Gasteiger partial charge in [0.25, 0.3) is 5.91 Å². The monoisotopic (exact) mass is 270 g/mol. The first-order valence-corrected chi connectivity index (χ1v) is 6.53. The Morgan fingerprint density at radius 2 is 2.00 bits per heavy atom. The van der Waals surface area contributed by atoms with Crippen molar-refractivity contribution in [3.8, 4) is 0 Å². The topological polar surface area (TPSA) is 70.5 Å². The lowest BCUT2D eigenvalue weighted by Crippen LogP contribution is -2.37. The second kappa shape index (κ2) is 4.92. The number of carbonyl (C=O) groups is 2. The van der Waals surface area contributed by atoms with Gasteiger partial charge >= 0.3 is 5.97 Å². The van der Waals surface area contributed by atoms with Gasteiger partial charge in [-0.1, -0.05) is 18.2 Å². The Morgan fingerprint density at radius 3 is 2.70 bits per heavy atom. The molecule has 0 unspecified atom stereocenters. The number of benzene rings is 1. The normalized spacial score (nSPS) is 14.2. The van der Waals surface area contributed by atoms with Gasteiger partial charge in [0.1, 0.15) is 6.54 Å². The van der Waals surface area contributed by atoms with Crippen LogP contribution in [0.15, 0.2) is 36.5 Å². The Morgan fingerprint density at radius 1 is 1.25 bits per heavy atom. The van der Waals surface area contributed by atoms with Gasteiger partial charge in [0.05, 0.1) is 11.1 Å². The molecule has 1 aromatic heterocycles. The predicted molar refractivity (Wildman–Crippen MR) is 73.4 cm³/mol. The zero-order valence-electron chi connectivity index (χ0n) is 10.8. The average Bonchev–Trinajstić information content (AvgIpc) is 3.28. The molecule has 102 valence electrons. The van der Waals surface area contributed by atoms with E-state index in [2.05, 4.69) is 4.98 Å². The molecule has 2 aromatic rings. The highest BCUT2D eigenvalue weighted by Gasteiger charge is 2.34. The number of carboxylic acids is 1. The number of hydrogen-bond donors (Lipinski definition) is 1. The smallest absolute Gasteiger partial charge is 0.323 e. The van der Waals surface area contributed by atoms with Crippen molar-refractivity contribution < 1.29 is 14.7 Å². The van der Waals surface area contributed by atoms with E-state index in [-0.39, 0.29) is 18.5 Å². The van der Waals surface area contributed by atoms with Gasteiger partial charge in [-0.15, -0.1) is 0 Å². The van der Waals surface area contributed by atoms with Gasteiger partial charge in [-0.2, -0.15) is 0 Å². The largest absolute Gasteiger partial charge is 0.480 e. The third kappa shape index (κ3) is 2.34. The van der Waals surface area contributed by atoms with Gasteiger partial charge in [0, 0.05) is 17.6 Å². The van der Waals surface area contributed by atoms with Gasteiger partial charge in [0.2, 0.25) is 0 Å². The SMILES string of the molecule is O=C(O)CN(C(=O)c1ccnc2ccccc12)C1CC1. The molecule has 1 saturated carbocycles. The summed E-state index contributed by atoms with van der Waals surface area (Å²) in [6.45, 7) is -0.250. The first-order valence-electron chi connectivity index (χ1n) is 6.53. The molecule has 1 aliphatic rings. The average molecular weight is 270 g/mol. The molecule has 0 radical (unpaired) electrons. The molecular formula is C15H14N2O3. The maximum atomic E-state index is 12.6. The Balaban J connectivity index is 2.00. The molecule has 5 nitrogen and oxygen atoms in total. The number of pyridine rings is 1. The maximum Gasteiger partial charge on any atom is 0.323 e. The summed E-state index contributed by atoms with van der Waals surface area (Å²) in [4.78, 5) is 29.2. The van der Waals surface area contributed by atoms with E-state index in [1.54, 1.807) is 12.3 Å². The Hall–Kier alpha value is -2.43. The van der Waals surface area contributed by atoms with Crippen molar-refractivity contribution in [1.29, 1.82) is 0 Å². The van der Waals surface area contributed by atoms with Crippen molar-refractivity contribution in [2.24, 2.45) is 0 Å². The summed E-state index contributed by atoms with van der Waals surface area (Å²) in [7, 11) is 0. The summed E-state index contributed by atoms with van der Waals surface area (Å²) in [5, 5.41) is 9.72. The standard InChI is InChI=1S/C15H14N2O3/c18-14(19)9-17(10-5-6-10)15(20)12-7-8-16-13-4-2-1-3-11(12)13/h1-4,7-8,10H,5-6,9H2,(H,18,19). The first-order chi connectivity index (χ1) is 9.66. The Bertz CT molecular complexity index is 674. The number of hydrogen-bond acceptors (Lipinski definition) is 3. The molecule has 20 heavy (non-hydrogen) atoms. The molecule has 0 aliphatic heterocycles. The summed E-state index contributed by atoms with van der Waals surface area (Å²) in [6.07, 6.45) is 3.34. The zero-order valence-corrected chi connectivity index (χ0v) is 10.8. The number of fused-ring (bicyclic) bond motifs is 1. The Kier molecular flexibility index (Phi) is 3.10. The molecule has 1 amide bonds. The van der Waals surface area contributed by atoms with Crippen LogP contribution in [0, 0.1) is 0 Å². The number of aliphatic carboxylic acids is 1. The number of aromatic nitrogens is 1. The predicted octanol–water partition coefficient (Wildman–Crippen LogP) is 1.92. The van der Waals surface area contributed by atoms with E-state index in [0.29, 0.717) is 5.56 Å². The summed E-state index contributed by atoms with van der Waals surface area (Å²) in [5.74, 6) is -1.21. The van der Waals surface area contributed by atoms with Crippen molar-refractivity contribution in [2.45, 2.75) is 18.9 Å². The highest BCUT2D eigenvalue weighted by atomic mass is 16.4. The number of rotatable bonds is 4. The van der Waals surface area contributed by atoms with Gasteiger partial charge in [-0.25, -0.2) is 0 Å². The minimum Gasteiger partial charge on any atom is -0.480 e. The highest BCUT2D eigenvalue weighted by molar-refractivity contribution is 6.06. The fraction of sp³-hybridized carbons (Fsp3) is 0.267. The molecule has 0 atom stereocenters. The molecular weight excluding hydrogens is 256 g/mol. The molecule has 0 bridgehead atoms. The van der Waals surface area contributed by atoms with Crippen LogP contribution in [0.2, 0.25) is 0 Å². The van der Waals surface area contributed by atoms with E-state index in [1.807, 2.05) is 24.3 Å². The van der Waals surface area contributed by atoms with Crippen LogP contribution in [0.4, 0.5) is 0 Å². The lowest BCUT2D eigenvalue weighted by molar-refractivity contribution is -0.137. The molecule has 5 heteroatoms.